The Hall–Kier alpha value is -1.01. The number of hydrogen-bond acceptors (Lipinski definition) is 5. The zero-order valence-electron chi connectivity index (χ0n) is 19.8. The van der Waals surface area contributed by atoms with Crippen molar-refractivity contribution in [3.8, 4) is 0 Å². The summed E-state index contributed by atoms with van der Waals surface area (Å²) in [5.74, 6) is 4.44. The fourth-order valence-corrected chi connectivity index (χ4v) is 9.63. The minimum Gasteiger partial charge on any atom is -0.393 e. The first-order valence-corrected chi connectivity index (χ1v) is 12.9. The van der Waals surface area contributed by atoms with Crippen molar-refractivity contribution < 1.29 is 10.2 Å². The van der Waals surface area contributed by atoms with Gasteiger partial charge in [0.2, 0.25) is 0 Å². The number of H-pyrrole nitrogens is 1. The first-order valence-electron chi connectivity index (χ1n) is 12.9. The van der Waals surface area contributed by atoms with Gasteiger partial charge in [-0.1, -0.05) is 39.3 Å². The van der Waals surface area contributed by atoms with E-state index in [1.807, 2.05) is 0 Å². The highest BCUT2D eigenvalue weighted by Gasteiger charge is 2.64. The molecule has 6 nitrogen and oxygen atoms in total. The number of aliphatic hydroxyl groups excluding tert-OH is 2. The molecule has 5 rings (SSSR count). The molecule has 4 saturated carbocycles. The largest absolute Gasteiger partial charge is 0.393 e. The van der Waals surface area contributed by atoms with Crippen LogP contribution < -0.4 is 0 Å². The lowest BCUT2D eigenvalue weighted by Gasteiger charge is -2.64. The van der Waals surface area contributed by atoms with E-state index in [9.17, 15) is 10.2 Å². The Kier molecular flexibility index (Phi) is 5.48. The second-order valence-corrected chi connectivity index (χ2v) is 12.1. The van der Waals surface area contributed by atoms with E-state index in [1.54, 1.807) is 0 Å². The van der Waals surface area contributed by atoms with Crippen molar-refractivity contribution in [1.82, 2.24) is 20.6 Å². The molecule has 1 heterocycles. The van der Waals surface area contributed by atoms with Crippen LogP contribution in [0.2, 0.25) is 0 Å². The summed E-state index contributed by atoms with van der Waals surface area (Å²) in [6.45, 7) is 9.67. The van der Waals surface area contributed by atoms with Crippen LogP contribution in [0.3, 0.4) is 0 Å². The molecule has 3 N–H and O–H groups in total. The monoisotopic (exact) mass is 430 g/mol. The third-order valence-electron chi connectivity index (χ3n) is 11.0. The number of tetrazole rings is 1. The molecule has 0 amide bonds. The molecule has 0 bridgehead atoms. The van der Waals surface area contributed by atoms with Crippen LogP contribution in [0.1, 0.15) is 84.9 Å². The Morgan fingerprint density at radius 1 is 1.03 bits per heavy atom. The van der Waals surface area contributed by atoms with E-state index in [0.717, 1.165) is 37.9 Å². The molecule has 4 aliphatic carbocycles. The molecule has 0 aromatic carbocycles. The van der Waals surface area contributed by atoms with Crippen LogP contribution >= 0.6 is 0 Å². The lowest BCUT2D eigenvalue weighted by atomic mass is 9.41. The fraction of sp³-hybridized carbons (Fsp3) is 0.960. The summed E-state index contributed by atoms with van der Waals surface area (Å²) in [5.41, 5.74) is 0.570. The van der Waals surface area contributed by atoms with Crippen LogP contribution in [-0.2, 0) is 6.42 Å². The smallest absolute Gasteiger partial charge is 0.174 e. The lowest BCUT2D eigenvalue weighted by molar-refractivity contribution is -0.203. The average Bonchev–Trinajstić information content (AvgIpc) is 3.36. The molecule has 0 spiro atoms. The zero-order valence-corrected chi connectivity index (χ0v) is 19.8. The van der Waals surface area contributed by atoms with Gasteiger partial charge in [0.05, 0.1) is 12.2 Å². The van der Waals surface area contributed by atoms with Gasteiger partial charge >= 0.3 is 0 Å². The van der Waals surface area contributed by atoms with Gasteiger partial charge in [-0.2, -0.15) is 5.21 Å². The van der Waals surface area contributed by atoms with Crippen LogP contribution in [0.4, 0.5) is 0 Å². The summed E-state index contributed by atoms with van der Waals surface area (Å²) < 4.78 is 0. The molecule has 174 valence electrons. The van der Waals surface area contributed by atoms with Crippen molar-refractivity contribution in [1.29, 1.82) is 0 Å². The number of aromatic nitrogens is 4. The van der Waals surface area contributed by atoms with Crippen LogP contribution in [0, 0.1) is 52.3 Å². The lowest BCUT2D eigenvalue weighted by Crippen LogP contribution is -2.62. The van der Waals surface area contributed by atoms with Gasteiger partial charge in [0.1, 0.15) is 0 Å². The maximum atomic E-state index is 11.8. The summed E-state index contributed by atoms with van der Waals surface area (Å²) in [5, 5.41) is 37.0. The number of aliphatic hydroxyl groups is 2. The fourth-order valence-electron chi connectivity index (χ4n) is 9.63. The highest BCUT2D eigenvalue weighted by Crippen LogP contribution is 2.69. The van der Waals surface area contributed by atoms with E-state index >= 15 is 0 Å². The Labute approximate surface area is 187 Å². The van der Waals surface area contributed by atoms with Crippen molar-refractivity contribution in [2.75, 3.05) is 0 Å². The van der Waals surface area contributed by atoms with E-state index < -0.39 is 0 Å². The number of rotatable bonds is 4. The van der Waals surface area contributed by atoms with E-state index in [1.165, 1.54) is 25.7 Å². The predicted octanol–water partition coefficient (Wildman–Crippen LogP) is 4.01. The minimum absolute atomic E-state index is 0.174. The molecular formula is C25H42N4O2. The Bertz CT molecular complexity index is 772. The quantitative estimate of drug-likeness (QED) is 0.671. The maximum absolute atomic E-state index is 11.8. The molecule has 31 heavy (non-hydrogen) atoms. The van der Waals surface area contributed by atoms with Crippen LogP contribution in [0.25, 0.3) is 0 Å². The maximum Gasteiger partial charge on any atom is 0.174 e. The van der Waals surface area contributed by atoms with Crippen molar-refractivity contribution in [2.24, 2.45) is 52.3 Å². The highest BCUT2D eigenvalue weighted by atomic mass is 16.3. The highest BCUT2D eigenvalue weighted by molar-refractivity contribution is 5.13. The third kappa shape index (κ3) is 3.22. The molecule has 11 atom stereocenters. The van der Waals surface area contributed by atoms with Gasteiger partial charge in [-0.05, 0) is 97.2 Å². The standard InChI is InChI=1S/C25H42N4O2/c1-5-16-20-13-15(30)8-10-25(20,4)19-9-11-24(3)17(6-7-18(24)22(19)23(16)31)14(2)12-21-26-28-29-27-21/h14-20,22-23,30-31H,5-13H2,1-4H3,(H,26,27,28,29)/t14-,15-,16-,17-,18?,19?,20+,22?,23?,24-,25-/m1/s1. The van der Waals surface area contributed by atoms with Crippen molar-refractivity contribution in [3.05, 3.63) is 5.82 Å². The average molecular weight is 431 g/mol. The summed E-state index contributed by atoms with van der Waals surface area (Å²) in [7, 11) is 0. The van der Waals surface area contributed by atoms with E-state index in [2.05, 4.69) is 48.3 Å². The first kappa shape index (κ1) is 21.8. The van der Waals surface area contributed by atoms with Gasteiger partial charge in [0, 0.05) is 6.42 Å². The molecule has 0 aliphatic heterocycles. The molecule has 4 fully saturated rings. The number of aromatic amines is 1. The van der Waals surface area contributed by atoms with Gasteiger partial charge < -0.3 is 10.2 Å². The molecule has 1 aromatic heterocycles. The van der Waals surface area contributed by atoms with E-state index in [4.69, 9.17) is 0 Å². The summed E-state index contributed by atoms with van der Waals surface area (Å²) in [4.78, 5) is 0. The van der Waals surface area contributed by atoms with Gasteiger partial charge in [-0.3, -0.25) is 0 Å². The second kappa shape index (κ2) is 7.79. The number of hydrogen-bond donors (Lipinski definition) is 3. The Balaban J connectivity index is 1.43. The van der Waals surface area contributed by atoms with E-state index in [-0.39, 0.29) is 17.6 Å². The topological polar surface area (TPSA) is 94.9 Å². The number of fused-ring (bicyclic) bond motifs is 5. The number of nitrogens with one attached hydrogen (secondary N) is 1. The molecular weight excluding hydrogens is 388 g/mol. The number of nitrogens with zero attached hydrogens (tertiary/aromatic N) is 3. The normalized spacial score (nSPS) is 50.4. The van der Waals surface area contributed by atoms with Gasteiger partial charge in [-0.15, -0.1) is 10.2 Å². The van der Waals surface area contributed by atoms with Crippen molar-refractivity contribution in [3.63, 3.8) is 0 Å². The third-order valence-corrected chi connectivity index (χ3v) is 11.0. The van der Waals surface area contributed by atoms with Crippen LogP contribution in [0.15, 0.2) is 0 Å². The summed E-state index contributed by atoms with van der Waals surface area (Å²) in [6.07, 6.45) is 9.49. The van der Waals surface area contributed by atoms with Crippen LogP contribution in [0.5, 0.6) is 0 Å². The van der Waals surface area contributed by atoms with Gasteiger partial charge in [-0.25, -0.2) is 0 Å². The molecule has 4 aliphatic rings. The first-order chi connectivity index (χ1) is 14.8. The summed E-state index contributed by atoms with van der Waals surface area (Å²) >= 11 is 0. The Morgan fingerprint density at radius 3 is 2.48 bits per heavy atom. The molecule has 6 heteroatoms. The molecule has 0 radical (unpaired) electrons. The molecule has 1 aromatic rings. The van der Waals surface area contributed by atoms with Gasteiger partial charge in [0.25, 0.3) is 0 Å². The van der Waals surface area contributed by atoms with Crippen LogP contribution in [-0.4, -0.2) is 43.0 Å². The second-order valence-electron chi connectivity index (χ2n) is 12.1. The predicted molar refractivity (Wildman–Crippen MR) is 119 cm³/mol. The SMILES string of the molecule is CC[C@H]1C(O)C2C3CC[C@H]([C@H](C)Cc4nn[nH]n4)[C@@]3(C)CCC2[C@@]2(C)CC[C@@H](O)C[C@@H]12. The van der Waals surface area contributed by atoms with Crippen molar-refractivity contribution >= 4 is 0 Å². The molecule has 4 unspecified atom stereocenters. The summed E-state index contributed by atoms with van der Waals surface area (Å²) in [6, 6.07) is 0. The zero-order chi connectivity index (χ0) is 22.0. The van der Waals surface area contributed by atoms with Gasteiger partial charge in [0.15, 0.2) is 5.82 Å². The molecule has 0 saturated heterocycles. The Morgan fingerprint density at radius 2 is 1.77 bits per heavy atom. The van der Waals surface area contributed by atoms with E-state index in [0.29, 0.717) is 46.8 Å². The van der Waals surface area contributed by atoms with Crippen molar-refractivity contribution in [2.45, 2.75) is 97.7 Å². The minimum atomic E-state index is -0.214.